The van der Waals surface area contributed by atoms with E-state index in [1.54, 1.807) is 42.6 Å². The van der Waals surface area contributed by atoms with Crippen molar-refractivity contribution < 1.29 is 19.0 Å². The highest BCUT2D eigenvalue weighted by Gasteiger charge is 2.08. The van der Waals surface area contributed by atoms with Crippen LogP contribution in [0.4, 0.5) is 5.69 Å². The third-order valence-corrected chi connectivity index (χ3v) is 4.60. The fourth-order valence-corrected chi connectivity index (χ4v) is 2.72. The summed E-state index contributed by atoms with van der Waals surface area (Å²) in [5.74, 6) is 1.62. The van der Waals surface area contributed by atoms with Gasteiger partial charge in [-0.15, -0.1) is 0 Å². The van der Waals surface area contributed by atoms with Crippen LogP contribution in [0.25, 0.3) is 0 Å². The van der Waals surface area contributed by atoms with E-state index in [2.05, 4.69) is 11.9 Å². The van der Waals surface area contributed by atoms with Gasteiger partial charge in [-0.25, -0.2) is 4.79 Å². The van der Waals surface area contributed by atoms with Crippen molar-refractivity contribution in [2.75, 3.05) is 6.61 Å². The Morgan fingerprint density at radius 1 is 0.871 bits per heavy atom. The third kappa shape index (κ3) is 6.71. The number of esters is 1. The maximum Gasteiger partial charge on any atom is 0.343 e. The van der Waals surface area contributed by atoms with Crippen LogP contribution in [0.5, 0.6) is 17.2 Å². The van der Waals surface area contributed by atoms with Gasteiger partial charge in [-0.1, -0.05) is 6.92 Å². The lowest BCUT2D eigenvalue weighted by molar-refractivity contribution is 0.0734. The maximum absolute atomic E-state index is 12.3. The standard InChI is InChI=1S/C26H27NO4/c1-4-19(3)30-24-16-10-22(11-17-24)27-18-20-6-12-25(13-7-20)31-26(28)21-8-14-23(15-9-21)29-5-2/h6-19H,4-5H2,1-3H3/t19-/m0/s1. The molecule has 0 amide bonds. The fraction of sp³-hybridized carbons (Fsp3) is 0.231. The van der Waals surface area contributed by atoms with Gasteiger partial charge in [0.2, 0.25) is 0 Å². The van der Waals surface area contributed by atoms with Crippen LogP contribution < -0.4 is 14.2 Å². The molecule has 3 rings (SSSR count). The van der Waals surface area contributed by atoms with Crippen LogP contribution in [0.15, 0.2) is 77.8 Å². The van der Waals surface area contributed by atoms with Crippen LogP contribution in [0, 0.1) is 0 Å². The predicted molar refractivity (Wildman–Crippen MR) is 123 cm³/mol. The van der Waals surface area contributed by atoms with Crippen molar-refractivity contribution in [3.63, 3.8) is 0 Å². The van der Waals surface area contributed by atoms with Gasteiger partial charge >= 0.3 is 5.97 Å². The molecule has 5 heteroatoms. The molecular weight excluding hydrogens is 390 g/mol. The molecule has 0 aliphatic heterocycles. The van der Waals surface area contributed by atoms with Crippen molar-refractivity contribution in [1.82, 2.24) is 0 Å². The van der Waals surface area contributed by atoms with Crippen LogP contribution in [0.1, 0.15) is 43.1 Å². The van der Waals surface area contributed by atoms with Crippen molar-refractivity contribution in [3.8, 4) is 17.2 Å². The second-order valence-corrected chi connectivity index (χ2v) is 7.00. The molecule has 0 fully saturated rings. The lowest BCUT2D eigenvalue weighted by Crippen LogP contribution is -2.09. The number of carbonyl (C=O) groups excluding carboxylic acids is 1. The summed E-state index contributed by atoms with van der Waals surface area (Å²) in [4.78, 5) is 16.8. The molecule has 0 heterocycles. The zero-order chi connectivity index (χ0) is 22.1. The largest absolute Gasteiger partial charge is 0.494 e. The molecule has 0 bridgehead atoms. The Balaban J connectivity index is 1.56. The Bertz CT molecular complexity index is 993. The van der Waals surface area contributed by atoms with Crippen LogP contribution in [0.2, 0.25) is 0 Å². The first kappa shape index (κ1) is 22.1. The summed E-state index contributed by atoms with van der Waals surface area (Å²) in [5.41, 5.74) is 2.21. The molecule has 0 aromatic heterocycles. The molecule has 0 spiro atoms. The van der Waals surface area contributed by atoms with Gasteiger partial charge in [-0.2, -0.15) is 0 Å². The van der Waals surface area contributed by atoms with Gasteiger partial charge in [0.1, 0.15) is 17.2 Å². The van der Waals surface area contributed by atoms with Gasteiger partial charge in [0.05, 0.1) is 24.0 Å². The highest BCUT2D eigenvalue weighted by atomic mass is 16.5. The Kier molecular flexibility index (Phi) is 7.82. The summed E-state index contributed by atoms with van der Waals surface area (Å²) < 4.78 is 16.6. The van der Waals surface area contributed by atoms with Gasteiger partial charge < -0.3 is 14.2 Å². The minimum atomic E-state index is -0.413. The molecule has 1 atom stereocenters. The number of rotatable bonds is 9. The van der Waals surface area contributed by atoms with E-state index in [9.17, 15) is 4.79 Å². The van der Waals surface area contributed by atoms with Crippen LogP contribution in [-0.4, -0.2) is 24.9 Å². The van der Waals surface area contributed by atoms with E-state index in [-0.39, 0.29) is 6.10 Å². The Hall–Kier alpha value is -3.60. The number of hydrogen-bond donors (Lipinski definition) is 0. The maximum atomic E-state index is 12.3. The van der Waals surface area contributed by atoms with Gasteiger partial charge in [-0.05, 0) is 98.6 Å². The minimum absolute atomic E-state index is 0.191. The van der Waals surface area contributed by atoms with Gasteiger partial charge in [0.25, 0.3) is 0 Å². The van der Waals surface area contributed by atoms with E-state index < -0.39 is 5.97 Å². The molecule has 0 saturated carbocycles. The minimum Gasteiger partial charge on any atom is -0.494 e. The molecule has 31 heavy (non-hydrogen) atoms. The van der Waals surface area contributed by atoms with Gasteiger partial charge in [-0.3, -0.25) is 4.99 Å². The predicted octanol–water partition coefficient (Wildman–Crippen LogP) is 6.23. The fourth-order valence-electron chi connectivity index (χ4n) is 2.72. The van der Waals surface area contributed by atoms with E-state index in [1.165, 1.54) is 0 Å². The van der Waals surface area contributed by atoms with Crippen LogP contribution in [0.3, 0.4) is 0 Å². The monoisotopic (exact) mass is 417 g/mol. The number of benzene rings is 3. The first-order chi connectivity index (χ1) is 15.1. The van der Waals surface area contributed by atoms with Crippen molar-refractivity contribution in [2.24, 2.45) is 4.99 Å². The molecule has 0 saturated heterocycles. The lowest BCUT2D eigenvalue weighted by Gasteiger charge is -2.12. The number of carbonyl (C=O) groups is 1. The van der Waals surface area contributed by atoms with Crippen LogP contribution >= 0.6 is 0 Å². The number of aliphatic imine (C=N–C) groups is 1. The van der Waals surface area contributed by atoms with Crippen molar-refractivity contribution in [1.29, 1.82) is 0 Å². The summed E-state index contributed by atoms with van der Waals surface area (Å²) in [6.07, 6.45) is 2.92. The molecule has 3 aromatic rings. The third-order valence-electron chi connectivity index (χ3n) is 4.60. The Morgan fingerprint density at radius 3 is 2.10 bits per heavy atom. The van der Waals surface area contributed by atoms with Crippen molar-refractivity contribution >= 4 is 17.9 Å². The highest BCUT2D eigenvalue weighted by Crippen LogP contribution is 2.20. The summed E-state index contributed by atoms with van der Waals surface area (Å²) in [7, 11) is 0. The average Bonchev–Trinajstić information content (AvgIpc) is 2.80. The van der Waals surface area contributed by atoms with Gasteiger partial charge in [0.15, 0.2) is 0 Å². The SMILES string of the molecule is CCOc1ccc(C(=O)Oc2ccc(C=Nc3ccc(O[C@@H](C)CC)cc3)cc2)cc1. The van der Waals surface area contributed by atoms with E-state index >= 15 is 0 Å². The second-order valence-electron chi connectivity index (χ2n) is 7.00. The topological polar surface area (TPSA) is 57.1 Å². The van der Waals surface area contributed by atoms with E-state index in [0.29, 0.717) is 17.9 Å². The number of ether oxygens (including phenoxy) is 3. The van der Waals surface area contributed by atoms with Gasteiger partial charge in [0, 0.05) is 6.21 Å². The molecule has 0 aliphatic rings. The summed E-state index contributed by atoms with van der Waals surface area (Å²) in [5, 5.41) is 0. The normalized spacial score (nSPS) is 11.8. The number of nitrogens with zero attached hydrogens (tertiary/aromatic N) is 1. The quantitative estimate of drug-likeness (QED) is 0.235. The Labute approximate surface area is 183 Å². The molecule has 0 unspecified atom stereocenters. The first-order valence-electron chi connectivity index (χ1n) is 10.4. The molecule has 0 radical (unpaired) electrons. The smallest absolute Gasteiger partial charge is 0.343 e. The zero-order valence-corrected chi connectivity index (χ0v) is 18.1. The highest BCUT2D eigenvalue weighted by molar-refractivity contribution is 5.91. The molecule has 0 aliphatic carbocycles. The van der Waals surface area contributed by atoms with Crippen LogP contribution in [-0.2, 0) is 0 Å². The van der Waals surface area contributed by atoms with E-state index in [0.717, 1.165) is 29.2 Å². The summed E-state index contributed by atoms with van der Waals surface area (Å²) in [6.45, 7) is 6.63. The number of hydrogen-bond acceptors (Lipinski definition) is 5. The lowest BCUT2D eigenvalue weighted by atomic mass is 10.2. The van der Waals surface area contributed by atoms with E-state index in [1.807, 2.05) is 50.2 Å². The average molecular weight is 418 g/mol. The summed E-state index contributed by atoms with van der Waals surface area (Å²) >= 11 is 0. The second kappa shape index (κ2) is 11.0. The molecule has 0 N–H and O–H groups in total. The van der Waals surface area contributed by atoms with Crippen molar-refractivity contribution in [3.05, 3.63) is 83.9 Å². The molecule has 3 aromatic carbocycles. The zero-order valence-electron chi connectivity index (χ0n) is 18.1. The molecule has 5 nitrogen and oxygen atoms in total. The van der Waals surface area contributed by atoms with Crippen molar-refractivity contribution in [2.45, 2.75) is 33.3 Å². The van der Waals surface area contributed by atoms with E-state index in [4.69, 9.17) is 14.2 Å². The summed E-state index contributed by atoms with van der Waals surface area (Å²) in [6, 6.07) is 21.8. The molecule has 160 valence electrons. The Morgan fingerprint density at radius 2 is 1.48 bits per heavy atom. The first-order valence-corrected chi connectivity index (χ1v) is 10.4. The molecular formula is C26H27NO4.